The maximum atomic E-state index is 13.3. The van der Waals surface area contributed by atoms with Crippen LogP contribution in [-0.4, -0.2) is 57.7 Å². The molecule has 0 aliphatic rings. The number of alkyl halides is 15. The van der Waals surface area contributed by atoms with Gasteiger partial charge in [0.2, 0.25) is 0 Å². The third-order valence-corrected chi connectivity index (χ3v) is 4.05. The van der Waals surface area contributed by atoms with Gasteiger partial charge >= 0.3 is 43.4 Å². The van der Waals surface area contributed by atoms with E-state index >= 15 is 0 Å². The van der Waals surface area contributed by atoms with Crippen LogP contribution in [0.4, 0.5) is 65.9 Å². The van der Waals surface area contributed by atoms with Gasteiger partial charge in [-0.25, -0.2) is 8.78 Å². The Balaban J connectivity index is 6.08. The number of hydrogen-bond acceptors (Lipinski definition) is 1. The fourth-order valence-electron chi connectivity index (χ4n) is 1.64. The zero-order valence-corrected chi connectivity index (χ0v) is 13.9. The van der Waals surface area contributed by atoms with Crippen LogP contribution >= 0.6 is 7.60 Å². The van der Waals surface area contributed by atoms with Crippen molar-refractivity contribution in [2.45, 2.75) is 54.6 Å². The fourth-order valence-corrected chi connectivity index (χ4v) is 2.25. The van der Waals surface area contributed by atoms with Crippen molar-refractivity contribution in [3.8, 4) is 0 Å². The van der Waals surface area contributed by atoms with Crippen molar-refractivity contribution in [3.05, 3.63) is 0 Å². The van der Waals surface area contributed by atoms with Gasteiger partial charge in [0.25, 0.3) is 5.92 Å². The topological polar surface area (TPSA) is 57.5 Å². The molecule has 0 bridgehead atoms. The lowest BCUT2D eigenvalue weighted by molar-refractivity contribution is -0.441. The first-order valence-electron chi connectivity index (χ1n) is 6.54. The summed E-state index contributed by atoms with van der Waals surface area (Å²) in [6.45, 7) is 0. The minimum absolute atomic E-state index is 1.97. The molecule has 29 heavy (non-hydrogen) atoms. The third-order valence-electron chi connectivity index (χ3n) is 3.25. The Labute approximate surface area is 150 Å². The van der Waals surface area contributed by atoms with Gasteiger partial charge in [0.15, 0.2) is 0 Å². The van der Waals surface area contributed by atoms with Gasteiger partial charge in [-0.1, -0.05) is 0 Å². The molecule has 0 rings (SSSR count). The molecule has 0 aliphatic carbocycles. The molecule has 0 aromatic carbocycles. The first kappa shape index (κ1) is 28.1. The van der Waals surface area contributed by atoms with Crippen molar-refractivity contribution in [2.75, 3.05) is 6.16 Å². The normalized spacial score (nSPS) is 16.3. The minimum atomic E-state index is -8.22. The van der Waals surface area contributed by atoms with E-state index in [1.54, 1.807) is 0 Å². The van der Waals surface area contributed by atoms with Gasteiger partial charge in [0.1, 0.15) is 0 Å². The molecule has 0 amide bonds. The van der Waals surface area contributed by atoms with E-state index in [-0.39, 0.29) is 0 Å². The maximum Gasteiger partial charge on any atom is 0.460 e. The molecule has 0 radical (unpaired) electrons. The zero-order chi connectivity index (χ0) is 24.1. The van der Waals surface area contributed by atoms with Crippen molar-refractivity contribution in [1.82, 2.24) is 0 Å². The highest BCUT2D eigenvalue weighted by Gasteiger charge is 2.90. The summed E-state index contributed by atoms with van der Waals surface area (Å²) in [6.07, 6.45) is -15.8. The molecule has 2 N–H and O–H groups in total. The Kier molecular flexibility index (Phi) is 7.13. The Hall–Kier alpha value is -0.900. The second kappa shape index (κ2) is 7.35. The molecular formula is C10H8F15O3P. The minimum Gasteiger partial charge on any atom is -0.324 e. The van der Waals surface area contributed by atoms with Crippen LogP contribution in [0, 0.1) is 0 Å². The van der Waals surface area contributed by atoms with E-state index in [1.165, 1.54) is 0 Å². The van der Waals surface area contributed by atoms with Crippen LogP contribution in [-0.2, 0) is 4.57 Å². The molecule has 0 aromatic heterocycles. The lowest BCUT2D eigenvalue weighted by atomic mass is 9.91. The van der Waals surface area contributed by atoms with Crippen LogP contribution in [0.25, 0.3) is 0 Å². The molecule has 0 spiro atoms. The van der Waals surface area contributed by atoms with Crippen molar-refractivity contribution >= 4 is 7.60 Å². The number of halogens is 15. The van der Waals surface area contributed by atoms with Crippen LogP contribution < -0.4 is 0 Å². The second-order valence-electron chi connectivity index (χ2n) is 5.67. The quantitative estimate of drug-likeness (QED) is 0.339. The maximum absolute atomic E-state index is 13.3. The highest BCUT2D eigenvalue weighted by atomic mass is 31.2. The Morgan fingerprint density at radius 2 is 0.931 bits per heavy atom. The molecule has 0 aliphatic heterocycles. The van der Waals surface area contributed by atoms with Gasteiger partial charge in [-0.3, -0.25) is 4.57 Å². The van der Waals surface area contributed by atoms with E-state index in [0.29, 0.717) is 0 Å². The summed E-state index contributed by atoms with van der Waals surface area (Å²) in [5.74, 6) is -44.7. The summed E-state index contributed by atoms with van der Waals surface area (Å²) >= 11 is 0. The Bertz CT molecular complexity index is 635. The molecule has 0 fully saturated rings. The fraction of sp³-hybridized carbons (Fsp3) is 1.00. The Morgan fingerprint density at radius 1 is 0.586 bits per heavy atom. The predicted octanol–water partition coefficient (Wildman–Crippen LogP) is 5.32. The van der Waals surface area contributed by atoms with Gasteiger partial charge in [-0.2, -0.15) is 57.1 Å². The zero-order valence-electron chi connectivity index (χ0n) is 13.0. The summed E-state index contributed by atoms with van der Waals surface area (Å²) in [7, 11) is -5.37. The van der Waals surface area contributed by atoms with Crippen LogP contribution in [0.3, 0.4) is 0 Å². The van der Waals surface area contributed by atoms with Crippen molar-refractivity contribution in [1.29, 1.82) is 0 Å². The summed E-state index contributed by atoms with van der Waals surface area (Å²) < 4.78 is 202. The van der Waals surface area contributed by atoms with E-state index in [1.807, 2.05) is 0 Å². The van der Waals surface area contributed by atoms with Crippen molar-refractivity contribution in [2.24, 2.45) is 0 Å². The molecule has 0 saturated heterocycles. The van der Waals surface area contributed by atoms with Crippen molar-refractivity contribution in [3.63, 3.8) is 0 Å². The van der Waals surface area contributed by atoms with Crippen molar-refractivity contribution < 1.29 is 80.2 Å². The molecule has 0 unspecified atom stereocenters. The molecule has 0 aromatic rings. The van der Waals surface area contributed by atoms with E-state index in [2.05, 4.69) is 0 Å². The first-order chi connectivity index (χ1) is 12.2. The standard InChI is InChI=1S/C10H8F15O3P/c11-4(12,1-2-29(26,27)28)3-5(13,14)6(15,16)7(17,18)8(19,20)9(21,22)10(23,24)25/h1-3H2,(H2,26,27,28). The van der Waals surface area contributed by atoms with Crippen LogP contribution in [0.1, 0.15) is 12.8 Å². The molecular weight excluding hydrogens is 484 g/mol. The smallest absolute Gasteiger partial charge is 0.324 e. The summed E-state index contributed by atoms with van der Waals surface area (Å²) in [6, 6.07) is 0. The van der Waals surface area contributed by atoms with Crippen LogP contribution in [0.2, 0.25) is 0 Å². The SMILES string of the molecule is O=P(O)(O)CCC(F)(F)CC(F)(F)C(F)(F)C(F)(F)C(F)(F)C(F)(F)C(F)(F)F. The van der Waals surface area contributed by atoms with E-state index in [0.717, 1.165) is 0 Å². The molecule has 176 valence electrons. The highest BCUT2D eigenvalue weighted by Crippen LogP contribution is 2.61. The largest absolute Gasteiger partial charge is 0.460 e. The van der Waals surface area contributed by atoms with Gasteiger partial charge in [0.05, 0.1) is 12.6 Å². The molecule has 3 nitrogen and oxygen atoms in total. The lowest BCUT2D eigenvalue weighted by Gasteiger charge is -2.40. The monoisotopic (exact) mass is 492 g/mol. The molecule has 0 heterocycles. The summed E-state index contributed by atoms with van der Waals surface area (Å²) in [5.41, 5.74) is 0. The van der Waals surface area contributed by atoms with Gasteiger partial charge in [0, 0.05) is 6.42 Å². The van der Waals surface area contributed by atoms with E-state index in [9.17, 15) is 70.4 Å². The molecule has 19 heteroatoms. The predicted molar refractivity (Wildman–Crippen MR) is 61.9 cm³/mol. The highest BCUT2D eigenvalue weighted by molar-refractivity contribution is 7.51. The first-order valence-corrected chi connectivity index (χ1v) is 8.34. The van der Waals surface area contributed by atoms with E-state index in [4.69, 9.17) is 9.79 Å². The summed E-state index contributed by atoms with van der Waals surface area (Å²) in [5, 5.41) is 0. The van der Waals surface area contributed by atoms with Gasteiger partial charge < -0.3 is 9.79 Å². The Morgan fingerprint density at radius 3 is 1.24 bits per heavy atom. The van der Waals surface area contributed by atoms with Crippen LogP contribution in [0.5, 0.6) is 0 Å². The number of rotatable bonds is 9. The number of hydrogen-bond donors (Lipinski definition) is 2. The average Bonchev–Trinajstić information content (AvgIpc) is 2.41. The lowest BCUT2D eigenvalue weighted by Crippen LogP contribution is -2.70. The molecule has 0 saturated carbocycles. The van der Waals surface area contributed by atoms with Crippen LogP contribution in [0.15, 0.2) is 0 Å². The van der Waals surface area contributed by atoms with Gasteiger partial charge in [-0.15, -0.1) is 0 Å². The van der Waals surface area contributed by atoms with Gasteiger partial charge in [-0.05, 0) is 0 Å². The van der Waals surface area contributed by atoms with E-state index < -0.39 is 68.3 Å². The summed E-state index contributed by atoms with van der Waals surface area (Å²) in [4.78, 5) is 16.5. The second-order valence-corrected chi connectivity index (χ2v) is 7.45. The third kappa shape index (κ3) is 5.24. The average molecular weight is 492 g/mol. The molecule has 0 atom stereocenters.